The van der Waals surface area contributed by atoms with Gasteiger partial charge in [-0.05, 0) is 31.5 Å². The Labute approximate surface area is 147 Å². The third-order valence-corrected chi connectivity index (χ3v) is 4.73. The molecule has 4 rings (SSSR count). The molecule has 0 atom stereocenters. The lowest BCUT2D eigenvalue weighted by Crippen LogP contribution is -2.14. The van der Waals surface area contributed by atoms with E-state index >= 15 is 0 Å². The summed E-state index contributed by atoms with van der Waals surface area (Å²) in [6, 6.07) is 11.8. The minimum absolute atomic E-state index is 0.175. The Morgan fingerprint density at radius 3 is 2.88 bits per heavy atom. The number of pyridine rings is 1. The van der Waals surface area contributed by atoms with Crippen LogP contribution in [0.25, 0.3) is 16.6 Å². The minimum atomic E-state index is -0.175. The summed E-state index contributed by atoms with van der Waals surface area (Å²) >= 11 is 1.33. The minimum Gasteiger partial charge on any atom is -0.360 e. The molecule has 1 aromatic carbocycles. The molecule has 0 fully saturated rings. The maximum Gasteiger partial charge on any atom is 0.236 e. The summed E-state index contributed by atoms with van der Waals surface area (Å²) in [6.07, 6.45) is 0. The summed E-state index contributed by atoms with van der Waals surface area (Å²) in [4.78, 5) is 12.1. The maximum absolute atomic E-state index is 12.1. The Morgan fingerprint density at radius 1 is 1.24 bits per heavy atom. The van der Waals surface area contributed by atoms with Gasteiger partial charge in [0.2, 0.25) is 5.91 Å². The van der Waals surface area contributed by atoms with Crippen molar-refractivity contribution in [2.24, 2.45) is 0 Å². The second kappa shape index (κ2) is 6.21. The summed E-state index contributed by atoms with van der Waals surface area (Å²) in [6.45, 7) is 3.82. The number of hydrogen-bond donors (Lipinski definition) is 1. The summed E-state index contributed by atoms with van der Waals surface area (Å²) in [5, 5.41) is 16.7. The lowest BCUT2D eigenvalue weighted by atomic mass is 10.1. The molecule has 0 aliphatic carbocycles. The van der Waals surface area contributed by atoms with Crippen molar-refractivity contribution in [2.75, 3.05) is 11.1 Å². The Morgan fingerprint density at radius 2 is 2.08 bits per heavy atom. The highest BCUT2D eigenvalue weighted by Crippen LogP contribution is 2.25. The summed E-state index contributed by atoms with van der Waals surface area (Å²) in [5.74, 6) is 1.09. The largest absolute Gasteiger partial charge is 0.360 e. The fourth-order valence-electron chi connectivity index (χ4n) is 2.70. The van der Waals surface area contributed by atoms with Crippen molar-refractivity contribution in [2.45, 2.75) is 19.0 Å². The van der Waals surface area contributed by atoms with E-state index in [1.54, 1.807) is 13.0 Å². The van der Waals surface area contributed by atoms with Crippen LogP contribution in [0.1, 0.15) is 11.3 Å². The zero-order valence-electron chi connectivity index (χ0n) is 13.7. The number of amides is 1. The zero-order valence-corrected chi connectivity index (χ0v) is 14.5. The van der Waals surface area contributed by atoms with E-state index in [0.29, 0.717) is 16.7 Å². The zero-order chi connectivity index (χ0) is 17.4. The monoisotopic (exact) mass is 353 g/mol. The van der Waals surface area contributed by atoms with Crippen LogP contribution in [0.3, 0.4) is 0 Å². The van der Waals surface area contributed by atoms with Crippen molar-refractivity contribution < 1.29 is 9.32 Å². The number of carbonyl (C=O) groups is 1. The predicted octanol–water partition coefficient (Wildman–Crippen LogP) is 3.22. The molecular formula is C17H15N5O2S. The average Bonchev–Trinajstić information content (AvgIpc) is 3.19. The molecule has 0 saturated heterocycles. The van der Waals surface area contributed by atoms with E-state index in [9.17, 15) is 4.79 Å². The van der Waals surface area contributed by atoms with Gasteiger partial charge in [0.1, 0.15) is 5.76 Å². The lowest BCUT2D eigenvalue weighted by Gasteiger charge is -2.07. The number of rotatable bonds is 4. The average molecular weight is 353 g/mol. The Kier molecular flexibility index (Phi) is 3.89. The number of thioether (sulfide) groups is 1. The van der Waals surface area contributed by atoms with Gasteiger partial charge in [0.15, 0.2) is 16.6 Å². The van der Waals surface area contributed by atoms with Crippen molar-refractivity contribution in [1.29, 1.82) is 0 Å². The van der Waals surface area contributed by atoms with Crippen LogP contribution in [0.2, 0.25) is 0 Å². The number of hydrogen-bond acceptors (Lipinski definition) is 6. The number of benzene rings is 1. The number of aromatic nitrogens is 4. The standard InChI is InChI=1S/C17H15N5O2S/c1-10-7-15-19-20-17(22(15)13-6-4-3-5-12(10)13)25-9-16(23)18-14-8-11(2)24-21-14/h3-8H,9H2,1-2H3,(H,18,21,23). The van der Waals surface area contributed by atoms with Gasteiger partial charge in [0.05, 0.1) is 11.3 Å². The summed E-state index contributed by atoms with van der Waals surface area (Å²) in [5.41, 5.74) is 2.94. The van der Waals surface area contributed by atoms with Gasteiger partial charge in [-0.2, -0.15) is 0 Å². The van der Waals surface area contributed by atoms with Crippen molar-refractivity contribution in [3.63, 3.8) is 0 Å². The van der Waals surface area contributed by atoms with Crippen LogP contribution in [-0.2, 0) is 4.79 Å². The van der Waals surface area contributed by atoms with Gasteiger partial charge < -0.3 is 9.84 Å². The number of nitrogens with zero attached hydrogens (tertiary/aromatic N) is 4. The van der Waals surface area contributed by atoms with E-state index in [-0.39, 0.29) is 11.7 Å². The van der Waals surface area contributed by atoms with Crippen molar-refractivity contribution in [3.8, 4) is 0 Å². The van der Waals surface area contributed by atoms with Crippen LogP contribution in [0.5, 0.6) is 0 Å². The van der Waals surface area contributed by atoms with Crippen molar-refractivity contribution in [1.82, 2.24) is 19.8 Å². The third-order valence-electron chi connectivity index (χ3n) is 3.80. The van der Waals surface area contributed by atoms with Gasteiger partial charge in [-0.3, -0.25) is 9.20 Å². The van der Waals surface area contributed by atoms with Gasteiger partial charge in [-0.1, -0.05) is 35.1 Å². The normalized spacial score (nSPS) is 11.3. The first-order chi connectivity index (χ1) is 12.1. The summed E-state index contributed by atoms with van der Waals surface area (Å²) < 4.78 is 6.91. The molecule has 0 bridgehead atoms. The molecule has 0 spiro atoms. The molecule has 0 radical (unpaired) electrons. The van der Waals surface area contributed by atoms with E-state index in [1.807, 2.05) is 28.7 Å². The van der Waals surface area contributed by atoms with Crippen LogP contribution in [0.4, 0.5) is 5.82 Å². The van der Waals surface area contributed by atoms with Gasteiger partial charge >= 0.3 is 0 Å². The lowest BCUT2D eigenvalue weighted by molar-refractivity contribution is -0.113. The Hall–Kier alpha value is -2.87. The number of fused-ring (bicyclic) bond motifs is 3. The molecule has 4 aromatic rings. The molecule has 7 nitrogen and oxygen atoms in total. The Bertz CT molecular complexity index is 1090. The van der Waals surface area contributed by atoms with Crippen LogP contribution in [0, 0.1) is 13.8 Å². The van der Waals surface area contributed by atoms with Crippen LogP contribution < -0.4 is 5.32 Å². The highest BCUT2D eigenvalue weighted by molar-refractivity contribution is 7.99. The molecule has 3 heterocycles. The highest BCUT2D eigenvalue weighted by Gasteiger charge is 2.13. The second-order valence-corrected chi connectivity index (χ2v) is 6.62. The molecule has 3 aromatic heterocycles. The molecule has 1 N–H and O–H groups in total. The maximum atomic E-state index is 12.1. The fourth-order valence-corrected chi connectivity index (χ4v) is 3.45. The van der Waals surface area contributed by atoms with E-state index in [1.165, 1.54) is 11.8 Å². The van der Waals surface area contributed by atoms with Crippen LogP contribution >= 0.6 is 11.8 Å². The van der Waals surface area contributed by atoms with Gasteiger partial charge in [-0.25, -0.2) is 0 Å². The first-order valence-electron chi connectivity index (χ1n) is 7.71. The second-order valence-electron chi connectivity index (χ2n) is 5.68. The van der Waals surface area contributed by atoms with E-state index in [2.05, 4.69) is 33.7 Å². The van der Waals surface area contributed by atoms with Gasteiger partial charge in [-0.15, -0.1) is 10.2 Å². The van der Waals surface area contributed by atoms with E-state index in [0.717, 1.165) is 22.1 Å². The van der Waals surface area contributed by atoms with Crippen LogP contribution in [0.15, 0.2) is 46.1 Å². The highest BCUT2D eigenvalue weighted by atomic mass is 32.2. The van der Waals surface area contributed by atoms with Gasteiger partial charge in [0, 0.05) is 11.5 Å². The topological polar surface area (TPSA) is 85.3 Å². The van der Waals surface area contributed by atoms with Gasteiger partial charge in [0.25, 0.3) is 0 Å². The first kappa shape index (κ1) is 15.6. The molecule has 25 heavy (non-hydrogen) atoms. The predicted molar refractivity (Wildman–Crippen MR) is 95.8 cm³/mol. The summed E-state index contributed by atoms with van der Waals surface area (Å²) in [7, 11) is 0. The molecule has 0 aliphatic heterocycles. The van der Waals surface area contributed by atoms with E-state index < -0.39 is 0 Å². The number of aryl methyl sites for hydroxylation is 2. The van der Waals surface area contributed by atoms with E-state index in [4.69, 9.17) is 4.52 Å². The number of nitrogens with one attached hydrogen (secondary N) is 1. The number of carbonyl (C=O) groups excluding carboxylic acids is 1. The number of para-hydroxylation sites is 1. The molecule has 0 aliphatic rings. The molecule has 0 unspecified atom stereocenters. The first-order valence-corrected chi connectivity index (χ1v) is 8.70. The third kappa shape index (κ3) is 2.96. The Balaban J connectivity index is 1.59. The van der Waals surface area contributed by atoms with Crippen molar-refractivity contribution >= 4 is 40.0 Å². The fraction of sp³-hybridized carbons (Fsp3) is 0.176. The smallest absolute Gasteiger partial charge is 0.236 e. The SMILES string of the molecule is Cc1cc(NC(=O)CSc2nnc3cc(C)c4ccccc4n23)no1. The molecule has 8 heteroatoms. The molecule has 126 valence electrons. The number of anilines is 1. The van der Waals surface area contributed by atoms with Crippen LogP contribution in [-0.4, -0.2) is 31.4 Å². The molecular weight excluding hydrogens is 338 g/mol. The quantitative estimate of drug-likeness (QED) is 0.567. The van der Waals surface area contributed by atoms with Crippen molar-refractivity contribution in [3.05, 3.63) is 47.7 Å². The molecule has 0 saturated carbocycles. The molecule has 1 amide bonds.